The molecule has 5 heteroatoms. The summed E-state index contributed by atoms with van der Waals surface area (Å²) in [5.74, 6) is 0. The van der Waals surface area contributed by atoms with Gasteiger partial charge in [0.05, 0.1) is 27.5 Å². The van der Waals surface area contributed by atoms with E-state index < -0.39 is 5.41 Å². The van der Waals surface area contributed by atoms with Crippen molar-refractivity contribution in [3.05, 3.63) is 408 Å². The number of rotatable bonds is 11. The fraction of sp³-hybridized carbons (Fsp3) is 0.0680. The van der Waals surface area contributed by atoms with Crippen LogP contribution in [0.1, 0.15) is 72.2 Å². The summed E-state index contributed by atoms with van der Waals surface area (Å²) in [6, 6.07) is 136. The molecular weight excluding hydrogens is 1310 g/mol. The molecule has 0 saturated heterocycles. The SMILES string of the molecule is CC1(C)c2ccccc2-c2ccc(N(c3ccc4c(c3)C(C)(C)c3ccc(-c5cccc(-n6c7ccccc7c7cc(N(c8ccc9c(c8)C(c8ccccc8)(c8ccccc8)c8ccccc8-9)c8ccc9c(c8)oc8ccccc89)ccc76)c5)cc3-4)c3ccc4c(c3)c3ccccc3n4-c3ccccc3)cc21. The molecule has 0 N–H and O–H groups in total. The van der Waals surface area contributed by atoms with E-state index in [-0.39, 0.29) is 10.8 Å². The lowest BCUT2D eigenvalue weighted by Gasteiger charge is -2.35. The van der Waals surface area contributed by atoms with E-state index in [0.29, 0.717) is 0 Å². The maximum atomic E-state index is 6.71. The first kappa shape index (κ1) is 61.9. The molecule has 3 heterocycles. The maximum absolute atomic E-state index is 6.71. The first-order valence-corrected chi connectivity index (χ1v) is 37.7. The lowest BCUT2D eigenvalue weighted by Crippen LogP contribution is -2.28. The summed E-state index contributed by atoms with van der Waals surface area (Å²) in [5, 5.41) is 6.99. The highest BCUT2D eigenvalue weighted by Gasteiger charge is 2.47. The Labute approximate surface area is 627 Å². The Morgan fingerprint density at radius 3 is 1.26 bits per heavy atom. The number of aromatic nitrogens is 2. The molecule has 0 amide bonds. The van der Waals surface area contributed by atoms with Crippen LogP contribution in [-0.4, -0.2) is 9.13 Å². The second-order valence-corrected chi connectivity index (χ2v) is 30.7. The average molecular weight is 1380 g/mol. The molecule has 0 saturated carbocycles. The van der Waals surface area contributed by atoms with Gasteiger partial charge in [0.2, 0.25) is 0 Å². The third-order valence-corrected chi connectivity index (χ3v) is 24.3. The van der Waals surface area contributed by atoms with Crippen LogP contribution in [0.3, 0.4) is 0 Å². The summed E-state index contributed by atoms with van der Waals surface area (Å²) in [6.45, 7) is 9.58. The Morgan fingerprint density at radius 1 is 0.231 bits per heavy atom. The molecule has 108 heavy (non-hydrogen) atoms. The second kappa shape index (κ2) is 23.3. The molecule has 510 valence electrons. The minimum atomic E-state index is -0.583. The van der Waals surface area contributed by atoms with E-state index in [4.69, 9.17) is 4.42 Å². The van der Waals surface area contributed by atoms with Gasteiger partial charge in [0.25, 0.3) is 0 Å². The van der Waals surface area contributed by atoms with E-state index in [1.807, 2.05) is 6.07 Å². The first-order valence-electron chi connectivity index (χ1n) is 37.7. The number of anilines is 6. The minimum Gasteiger partial charge on any atom is -0.456 e. The van der Waals surface area contributed by atoms with E-state index in [0.717, 1.165) is 89.4 Å². The topological polar surface area (TPSA) is 29.5 Å². The second-order valence-electron chi connectivity index (χ2n) is 30.7. The van der Waals surface area contributed by atoms with E-state index in [1.54, 1.807) is 0 Å². The first-order chi connectivity index (χ1) is 53.1. The molecule has 0 radical (unpaired) electrons. The smallest absolute Gasteiger partial charge is 0.137 e. The quantitative estimate of drug-likeness (QED) is 0.129. The van der Waals surface area contributed by atoms with Gasteiger partial charge in [-0.1, -0.05) is 252 Å². The molecular formula is C103H72N4O. The predicted octanol–water partition coefficient (Wildman–Crippen LogP) is 27.4. The van der Waals surface area contributed by atoms with Crippen molar-refractivity contribution in [1.82, 2.24) is 9.13 Å². The molecule has 3 aliphatic rings. The Kier molecular flexibility index (Phi) is 13.3. The van der Waals surface area contributed by atoms with Crippen LogP contribution in [0.25, 0.3) is 121 Å². The van der Waals surface area contributed by atoms with Crippen LogP contribution in [0.5, 0.6) is 0 Å². The number of nitrogens with zero attached hydrogens (tertiary/aromatic N) is 4. The van der Waals surface area contributed by atoms with Crippen molar-refractivity contribution in [1.29, 1.82) is 0 Å². The van der Waals surface area contributed by atoms with Gasteiger partial charge >= 0.3 is 0 Å². The zero-order valence-electron chi connectivity index (χ0n) is 60.3. The van der Waals surface area contributed by atoms with E-state index in [1.165, 1.54) is 111 Å². The van der Waals surface area contributed by atoms with Crippen LogP contribution < -0.4 is 9.80 Å². The van der Waals surface area contributed by atoms with Gasteiger partial charge in [-0.3, -0.25) is 0 Å². The van der Waals surface area contributed by atoms with Crippen LogP contribution in [0.2, 0.25) is 0 Å². The summed E-state index contributed by atoms with van der Waals surface area (Å²) in [7, 11) is 0. The maximum Gasteiger partial charge on any atom is 0.137 e. The van der Waals surface area contributed by atoms with Gasteiger partial charge < -0.3 is 23.4 Å². The number of fused-ring (bicyclic) bond motifs is 18. The fourth-order valence-corrected chi connectivity index (χ4v) is 19.4. The number of benzene rings is 16. The molecule has 3 aromatic heterocycles. The molecule has 0 unspecified atom stereocenters. The molecule has 0 aliphatic heterocycles. The van der Waals surface area contributed by atoms with Crippen molar-refractivity contribution < 1.29 is 4.42 Å². The molecule has 22 rings (SSSR count). The minimum absolute atomic E-state index is 0.175. The molecule has 0 fully saturated rings. The van der Waals surface area contributed by atoms with E-state index in [9.17, 15) is 0 Å². The third kappa shape index (κ3) is 8.93. The van der Waals surface area contributed by atoms with Crippen molar-refractivity contribution in [2.75, 3.05) is 9.80 Å². The number of para-hydroxylation sites is 4. The Hall–Kier alpha value is -13.5. The molecule has 0 spiro atoms. The molecule has 0 bridgehead atoms. The van der Waals surface area contributed by atoms with Crippen LogP contribution in [0, 0.1) is 0 Å². The zero-order chi connectivity index (χ0) is 71.7. The monoisotopic (exact) mass is 1380 g/mol. The summed E-state index contributed by atoms with van der Waals surface area (Å²) in [6.07, 6.45) is 0. The van der Waals surface area contributed by atoms with Gasteiger partial charge in [0.15, 0.2) is 0 Å². The molecule has 5 nitrogen and oxygen atoms in total. The van der Waals surface area contributed by atoms with Crippen molar-refractivity contribution >= 4 is 99.7 Å². The van der Waals surface area contributed by atoms with Crippen LogP contribution in [0.4, 0.5) is 34.1 Å². The Morgan fingerprint density at radius 2 is 0.639 bits per heavy atom. The normalized spacial score (nSPS) is 14.0. The number of hydrogen-bond acceptors (Lipinski definition) is 3. The van der Waals surface area contributed by atoms with Gasteiger partial charge in [0.1, 0.15) is 11.2 Å². The average Bonchev–Trinajstić information content (AvgIpc) is 1.53. The van der Waals surface area contributed by atoms with Gasteiger partial charge in [-0.25, -0.2) is 0 Å². The zero-order valence-corrected chi connectivity index (χ0v) is 60.3. The van der Waals surface area contributed by atoms with Gasteiger partial charge in [-0.15, -0.1) is 0 Å². The summed E-state index contributed by atoms with van der Waals surface area (Å²) >= 11 is 0. The van der Waals surface area contributed by atoms with Crippen molar-refractivity contribution in [3.63, 3.8) is 0 Å². The van der Waals surface area contributed by atoms with Crippen molar-refractivity contribution in [2.24, 2.45) is 0 Å². The summed E-state index contributed by atoms with van der Waals surface area (Å²) in [5.41, 5.74) is 34.4. The highest BCUT2D eigenvalue weighted by Crippen LogP contribution is 2.59. The summed E-state index contributed by atoms with van der Waals surface area (Å²) in [4.78, 5) is 4.95. The number of hydrogen-bond donors (Lipinski definition) is 0. The highest BCUT2D eigenvalue weighted by atomic mass is 16.3. The summed E-state index contributed by atoms with van der Waals surface area (Å²) < 4.78 is 11.6. The Balaban J connectivity index is 0.659. The Bertz CT molecular complexity index is 6910. The van der Waals surface area contributed by atoms with Crippen molar-refractivity contribution in [2.45, 2.75) is 43.9 Å². The van der Waals surface area contributed by atoms with Gasteiger partial charge in [0, 0.05) is 94.7 Å². The lowest BCUT2D eigenvalue weighted by atomic mass is 9.67. The largest absolute Gasteiger partial charge is 0.456 e. The van der Waals surface area contributed by atoms with Crippen molar-refractivity contribution in [3.8, 4) is 55.9 Å². The number of furan rings is 1. The molecule has 3 aliphatic carbocycles. The highest BCUT2D eigenvalue weighted by molar-refractivity contribution is 6.13. The third-order valence-electron chi connectivity index (χ3n) is 24.3. The van der Waals surface area contributed by atoms with Gasteiger partial charge in [-0.05, 0) is 222 Å². The lowest BCUT2D eigenvalue weighted by molar-refractivity contribution is 0.660. The van der Waals surface area contributed by atoms with Crippen LogP contribution in [0.15, 0.2) is 368 Å². The van der Waals surface area contributed by atoms with E-state index >= 15 is 0 Å². The molecule has 19 aromatic rings. The molecule has 16 aromatic carbocycles. The van der Waals surface area contributed by atoms with Crippen LogP contribution >= 0.6 is 0 Å². The van der Waals surface area contributed by atoms with Crippen LogP contribution in [-0.2, 0) is 16.2 Å². The standard InChI is InChI=1S/C103H72N4O/c1-101(2)89-38-19-14-33-77(89)79-50-44-73(61-92(79)101)104(71-48-55-97-87(59-71)82-35-16-21-40-95(82)106(97)69-30-12-7-13-31-69)74-46-52-81-86-58-66(43-54-90(86)102(3,4)93(81)62-74)65-25-24-32-70(57-65)107-96-41-22-17-36-83(96)88-60-72(49-56-98(88)107)105(76-47-53-85-84-37-18-23-42-99(84)108-100(85)64-76)75-45-51-80-78-34-15-20-39-91(78)103(94(80)63-75,67-26-8-5-9-27-67)68-28-10-6-11-29-68/h5-64H,1-4H3. The van der Waals surface area contributed by atoms with Gasteiger partial charge in [-0.2, -0.15) is 0 Å². The molecule has 0 atom stereocenters. The predicted molar refractivity (Wildman–Crippen MR) is 450 cm³/mol. The fourth-order valence-electron chi connectivity index (χ4n) is 19.4. The van der Waals surface area contributed by atoms with E-state index in [2.05, 4.69) is 405 Å².